The monoisotopic (exact) mass is 454 g/mol. The standard InChI is InChI=1S/C22H13Cl2FN4O2/c1-12-21(11-28)19(29)31-22(12,14-3-5-15(25)6-4-14)30-18(20(21,9-26)10-27)13-2-7-16(23)17(24)8-13/h2-8,12,18,29H,1H3. The van der Waals surface area contributed by atoms with E-state index in [1.54, 1.807) is 6.92 Å². The quantitative estimate of drug-likeness (QED) is 0.665. The van der Waals surface area contributed by atoms with Crippen LogP contribution in [-0.4, -0.2) is 5.90 Å². The largest absolute Gasteiger partial charge is 0.443 e. The van der Waals surface area contributed by atoms with E-state index in [4.69, 9.17) is 38.1 Å². The van der Waals surface area contributed by atoms with Crippen molar-refractivity contribution in [3.63, 3.8) is 0 Å². The van der Waals surface area contributed by atoms with Gasteiger partial charge in [0.25, 0.3) is 0 Å². The molecule has 0 saturated carbocycles. The summed E-state index contributed by atoms with van der Waals surface area (Å²) >= 11 is 12.2. The first-order chi connectivity index (χ1) is 14.7. The average Bonchev–Trinajstić information content (AvgIpc) is 2.92. The zero-order chi connectivity index (χ0) is 22.6. The molecule has 2 saturated heterocycles. The first-order valence-electron chi connectivity index (χ1n) is 9.13. The van der Waals surface area contributed by atoms with Crippen LogP contribution in [-0.2, 0) is 15.3 Å². The van der Waals surface area contributed by atoms with E-state index >= 15 is 0 Å². The Bertz CT molecular complexity index is 1220. The second-order valence-corrected chi connectivity index (χ2v) is 8.26. The Labute approximate surface area is 187 Å². The molecule has 154 valence electrons. The Kier molecular flexibility index (Phi) is 4.72. The normalized spacial score (nSPS) is 30.5. The van der Waals surface area contributed by atoms with Crippen LogP contribution in [0.5, 0.6) is 0 Å². The van der Waals surface area contributed by atoms with Gasteiger partial charge in [0.05, 0.1) is 34.2 Å². The lowest BCUT2D eigenvalue weighted by Crippen LogP contribution is -2.57. The van der Waals surface area contributed by atoms with Crippen LogP contribution in [0.25, 0.3) is 0 Å². The van der Waals surface area contributed by atoms with Gasteiger partial charge >= 0.3 is 0 Å². The number of hydrogen-bond acceptors (Lipinski definition) is 6. The molecule has 31 heavy (non-hydrogen) atoms. The molecule has 2 heterocycles. The summed E-state index contributed by atoms with van der Waals surface area (Å²) in [5, 5.41) is 39.5. The van der Waals surface area contributed by atoms with Crippen molar-refractivity contribution in [3.8, 4) is 18.2 Å². The Morgan fingerprint density at radius 1 is 1.00 bits per heavy atom. The van der Waals surface area contributed by atoms with E-state index in [-0.39, 0.29) is 10.0 Å². The zero-order valence-corrected chi connectivity index (χ0v) is 17.5. The molecule has 4 atom stereocenters. The maximum absolute atomic E-state index is 13.6. The van der Waals surface area contributed by atoms with Crippen molar-refractivity contribution in [2.24, 2.45) is 16.7 Å². The van der Waals surface area contributed by atoms with E-state index in [0.29, 0.717) is 11.1 Å². The van der Waals surface area contributed by atoms with Gasteiger partial charge < -0.3 is 9.47 Å². The number of nitrogens with one attached hydrogen (secondary N) is 1. The molecule has 2 aromatic carbocycles. The number of ether oxygens (including phenoxy) is 2. The minimum Gasteiger partial charge on any atom is -0.443 e. The van der Waals surface area contributed by atoms with Crippen LogP contribution < -0.4 is 0 Å². The lowest BCUT2D eigenvalue weighted by atomic mass is 9.53. The number of halogens is 3. The van der Waals surface area contributed by atoms with E-state index in [1.165, 1.54) is 42.5 Å². The van der Waals surface area contributed by atoms with Gasteiger partial charge in [0.2, 0.25) is 17.1 Å². The van der Waals surface area contributed by atoms with E-state index in [0.717, 1.165) is 0 Å². The van der Waals surface area contributed by atoms with Crippen molar-refractivity contribution < 1.29 is 13.9 Å². The highest BCUT2D eigenvalue weighted by Gasteiger charge is 2.79. The Hall–Kier alpha value is -3.15. The lowest BCUT2D eigenvalue weighted by molar-refractivity contribution is -0.288. The molecule has 4 rings (SSSR count). The zero-order valence-electron chi connectivity index (χ0n) is 16.0. The first-order valence-corrected chi connectivity index (χ1v) is 9.88. The first kappa shape index (κ1) is 21.1. The smallest absolute Gasteiger partial charge is 0.244 e. The molecule has 1 N–H and O–H groups in total. The molecule has 0 aromatic heterocycles. The van der Waals surface area contributed by atoms with Gasteiger partial charge in [0.15, 0.2) is 5.41 Å². The molecule has 0 amide bonds. The fourth-order valence-corrected chi connectivity index (χ4v) is 4.83. The van der Waals surface area contributed by atoms with Crippen molar-refractivity contribution in [1.82, 2.24) is 0 Å². The van der Waals surface area contributed by atoms with Crippen LogP contribution in [0.4, 0.5) is 4.39 Å². The third-order valence-corrected chi connectivity index (χ3v) is 6.90. The van der Waals surface area contributed by atoms with Crippen molar-refractivity contribution in [2.45, 2.75) is 18.8 Å². The Balaban J connectivity index is 2.04. The van der Waals surface area contributed by atoms with E-state index in [9.17, 15) is 20.2 Å². The lowest BCUT2D eigenvalue weighted by Gasteiger charge is -2.48. The molecule has 2 aromatic rings. The van der Waals surface area contributed by atoms with Crippen molar-refractivity contribution in [2.75, 3.05) is 0 Å². The number of fused-ring (bicyclic) bond motifs is 2. The van der Waals surface area contributed by atoms with Crippen LogP contribution in [0.3, 0.4) is 0 Å². The summed E-state index contributed by atoms with van der Waals surface area (Å²) in [4.78, 5) is 0. The predicted molar refractivity (Wildman–Crippen MR) is 108 cm³/mol. The minimum absolute atomic E-state index is 0.163. The maximum Gasteiger partial charge on any atom is 0.244 e. The molecule has 2 bridgehead atoms. The average molecular weight is 455 g/mol. The fraction of sp³-hybridized carbons (Fsp3) is 0.273. The molecule has 9 heteroatoms. The van der Waals surface area contributed by atoms with Crippen LogP contribution in [0.1, 0.15) is 24.2 Å². The summed E-state index contributed by atoms with van der Waals surface area (Å²) in [5.41, 5.74) is -3.43. The molecule has 6 nitrogen and oxygen atoms in total. The van der Waals surface area contributed by atoms with Gasteiger partial charge in [-0.15, -0.1) is 0 Å². The van der Waals surface area contributed by atoms with Crippen molar-refractivity contribution >= 4 is 29.1 Å². The van der Waals surface area contributed by atoms with Gasteiger partial charge in [-0.1, -0.05) is 36.2 Å². The molecular formula is C22H13Cl2FN4O2. The van der Waals surface area contributed by atoms with Crippen molar-refractivity contribution in [3.05, 3.63) is 69.5 Å². The third kappa shape index (κ3) is 2.47. The topological polar surface area (TPSA) is 114 Å². The van der Waals surface area contributed by atoms with Gasteiger partial charge in [-0.25, -0.2) is 4.39 Å². The van der Waals surface area contributed by atoms with Crippen molar-refractivity contribution in [1.29, 1.82) is 21.2 Å². The fourth-order valence-electron chi connectivity index (χ4n) is 4.53. The number of hydrogen-bond donors (Lipinski definition) is 1. The van der Waals surface area contributed by atoms with E-state index < -0.39 is 40.4 Å². The summed E-state index contributed by atoms with van der Waals surface area (Å²) < 4.78 is 25.7. The summed E-state index contributed by atoms with van der Waals surface area (Å²) in [6.45, 7) is 1.57. The summed E-state index contributed by atoms with van der Waals surface area (Å²) in [6, 6.07) is 15.6. The van der Waals surface area contributed by atoms with Gasteiger partial charge in [-0.2, -0.15) is 15.8 Å². The molecule has 2 aliphatic rings. The number of rotatable bonds is 2. The van der Waals surface area contributed by atoms with Gasteiger partial charge in [0, 0.05) is 5.56 Å². The number of benzene rings is 2. The summed E-state index contributed by atoms with van der Waals surface area (Å²) in [6.07, 6.45) is -1.32. The number of nitrogens with zero attached hydrogens (tertiary/aromatic N) is 3. The minimum atomic E-state index is -2.13. The predicted octanol–water partition coefficient (Wildman–Crippen LogP) is 5.24. The maximum atomic E-state index is 13.6. The molecular weight excluding hydrogens is 442 g/mol. The van der Waals surface area contributed by atoms with Crippen LogP contribution in [0.15, 0.2) is 42.5 Å². The third-order valence-electron chi connectivity index (χ3n) is 6.16. The van der Waals surface area contributed by atoms with Gasteiger partial charge in [0.1, 0.15) is 11.9 Å². The summed E-state index contributed by atoms with van der Waals surface area (Å²) in [7, 11) is 0. The Morgan fingerprint density at radius 2 is 1.65 bits per heavy atom. The SMILES string of the molecule is CC1C2(c3ccc(F)cc3)OC(=N)C1(C#N)C(C#N)(C#N)C(c1ccc(Cl)c(Cl)c1)O2. The van der Waals surface area contributed by atoms with Gasteiger partial charge in [-0.3, -0.25) is 5.41 Å². The molecule has 4 unspecified atom stereocenters. The van der Waals surface area contributed by atoms with Crippen LogP contribution in [0, 0.1) is 62.0 Å². The second-order valence-electron chi connectivity index (χ2n) is 7.45. The number of nitriles is 3. The summed E-state index contributed by atoms with van der Waals surface area (Å²) in [5.74, 6) is -3.69. The van der Waals surface area contributed by atoms with Crippen LogP contribution in [0.2, 0.25) is 10.0 Å². The van der Waals surface area contributed by atoms with Gasteiger partial charge in [-0.05, 0) is 42.0 Å². The molecule has 2 aliphatic heterocycles. The van der Waals surface area contributed by atoms with E-state index in [1.807, 2.05) is 18.2 Å². The Morgan fingerprint density at radius 3 is 2.19 bits per heavy atom. The highest BCUT2D eigenvalue weighted by Crippen LogP contribution is 2.69. The highest BCUT2D eigenvalue weighted by atomic mass is 35.5. The molecule has 0 radical (unpaired) electrons. The van der Waals surface area contributed by atoms with Crippen LogP contribution >= 0.6 is 23.2 Å². The highest BCUT2D eigenvalue weighted by molar-refractivity contribution is 6.42. The molecule has 2 fully saturated rings. The van der Waals surface area contributed by atoms with E-state index in [2.05, 4.69) is 0 Å². The second kappa shape index (κ2) is 6.94. The molecule has 0 spiro atoms. The molecule has 0 aliphatic carbocycles.